The number of aliphatic carboxylic acids is 1. The minimum atomic E-state index is -1.12. The summed E-state index contributed by atoms with van der Waals surface area (Å²) < 4.78 is 13.2. The van der Waals surface area contributed by atoms with Crippen molar-refractivity contribution in [1.82, 2.24) is 0 Å². The van der Waals surface area contributed by atoms with Gasteiger partial charge in [-0.3, -0.25) is 4.79 Å². The van der Waals surface area contributed by atoms with E-state index in [0.717, 1.165) is 5.56 Å². The lowest BCUT2D eigenvalue weighted by Gasteiger charge is -2.07. The minimum absolute atomic E-state index is 0. The molecular weight excluding hydrogens is 221 g/mol. The van der Waals surface area contributed by atoms with Gasteiger partial charge in [0, 0.05) is 6.42 Å². The van der Waals surface area contributed by atoms with Gasteiger partial charge in [-0.15, -0.1) is 12.4 Å². The zero-order chi connectivity index (χ0) is 10.7. The van der Waals surface area contributed by atoms with Crippen LogP contribution < -0.4 is 5.73 Å². The van der Waals surface area contributed by atoms with Crippen molar-refractivity contribution in [3.63, 3.8) is 0 Å². The van der Waals surface area contributed by atoms with Gasteiger partial charge < -0.3 is 10.8 Å². The molecule has 0 aliphatic heterocycles. The number of hydrogen-bond donors (Lipinski definition) is 2. The molecule has 84 valence electrons. The van der Waals surface area contributed by atoms with Crippen LogP contribution in [0.15, 0.2) is 18.2 Å². The second-order valence-corrected chi connectivity index (χ2v) is 3.24. The highest BCUT2D eigenvalue weighted by Gasteiger charge is 2.14. The van der Waals surface area contributed by atoms with Gasteiger partial charge in [0.15, 0.2) is 0 Å². The highest BCUT2D eigenvalue weighted by molar-refractivity contribution is 5.85. The van der Waals surface area contributed by atoms with E-state index in [0.29, 0.717) is 5.56 Å². The van der Waals surface area contributed by atoms with Gasteiger partial charge in [0.25, 0.3) is 0 Å². The first-order valence-corrected chi connectivity index (χ1v) is 4.24. The van der Waals surface area contributed by atoms with Crippen LogP contribution in [0.2, 0.25) is 0 Å². The van der Waals surface area contributed by atoms with Crippen LogP contribution in [0.5, 0.6) is 0 Å². The van der Waals surface area contributed by atoms with E-state index in [1.54, 1.807) is 19.1 Å². The second kappa shape index (κ2) is 5.68. The number of carboxylic acids is 1. The molecule has 0 radical (unpaired) electrons. The van der Waals surface area contributed by atoms with E-state index < -0.39 is 17.8 Å². The second-order valence-electron chi connectivity index (χ2n) is 3.24. The quantitative estimate of drug-likeness (QED) is 0.832. The molecule has 3 nitrogen and oxygen atoms in total. The molecular formula is C10H13ClFNO2. The van der Waals surface area contributed by atoms with Crippen LogP contribution in [0.3, 0.4) is 0 Å². The largest absolute Gasteiger partial charge is 0.480 e. The number of hydrogen-bond acceptors (Lipinski definition) is 2. The van der Waals surface area contributed by atoms with Gasteiger partial charge in [-0.25, -0.2) is 4.39 Å². The van der Waals surface area contributed by atoms with Gasteiger partial charge in [-0.2, -0.15) is 0 Å². The summed E-state index contributed by atoms with van der Waals surface area (Å²) in [6.45, 7) is 1.77. The first-order valence-electron chi connectivity index (χ1n) is 4.24. The number of benzene rings is 1. The number of halogens is 2. The number of aryl methyl sites for hydroxylation is 1. The third-order valence-electron chi connectivity index (χ3n) is 1.97. The van der Waals surface area contributed by atoms with Crippen LogP contribution in [0, 0.1) is 12.7 Å². The first-order chi connectivity index (χ1) is 6.50. The molecule has 0 fully saturated rings. The summed E-state index contributed by atoms with van der Waals surface area (Å²) in [7, 11) is 0. The summed E-state index contributed by atoms with van der Waals surface area (Å²) >= 11 is 0. The number of carbonyl (C=O) groups is 1. The van der Waals surface area contributed by atoms with Crippen molar-refractivity contribution in [2.24, 2.45) is 5.73 Å². The van der Waals surface area contributed by atoms with Gasteiger partial charge in [-0.05, 0) is 24.1 Å². The predicted molar refractivity (Wildman–Crippen MR) is 57.7 cm³/mol. The van der Waals surface area contributed by atoms with Crippen molar-refractivity contribution in [1.29, 1.82) is 0 Å². The first kappa shape index (κ1) is 13.9. The minimum Gasteiger partial charge on any atom is -0.480 e. The molecule has 1 rings (SSSR count). The third kappa shape index (κ3) is 3.85. The van der Waals surface area contributed by atoms with Crippen molar-refractivity contribution < 1.29 is 14.3 Å². The Labute approximate surface area is 93.5 Å². The molecule has 0 bridgehead atoms. The lowest BCUT2D eigenvalue weighted by molar-refractivity contribution is -0.138. The Morgan fingerprint density at radius 1 is 1.60 bits per heavy atom. The molecule has 0 saturated heterocycles. The molecule has 1 aromatic carbocycles. The molecule has 1 atom stereocenters. The molecule has 0 aliphatic rings. The topological polar surface area (TPSA) is 63.3 Å². The van der Waals surface area contributed by atoms with Crippen molar-refractivity contribution >= 4 is 18.4 Å². The highest BCUT2D eigenvalue weighted by Crippen LogP contribution is 2.11. The molecule has 0 saturated carbocycles. The molecule has 0 heterocycles. The van der Waals surface area contributed by atoms with Gasteiger partial charge in [0.05, 0.1) is 0 Å². The summed E-state index contributed by atoms with van der Waals surface area (Å²) in [5.41, 5.74) is 6.43. The predicted octanol–water partition coefficient (Wildman–Crippen LogP) is 1.51. The monoisotopic (exact) mass is 233 g/mol. The van der Waals surface area contributed by atoms with E-state index in [4.69, 9.17) is 10.8 Å². The summed E-state index contributed by atoms with van der Waals surface area (Å²) in [5.74, 6) is -1.52. The summed E-state index contributed by atoms with van der Waals surface area (Å²) in [6, 6.07) is 3.61. The van der Waals surface area contributed by atoms with Gasteiger partial charge >= 0.3 is 5.97 Å². The summed E-state index contributed by atoms with van der Waals surface area (Å²) in [4.78, 5) is 10.4. The van der Waals surface area contributed by atoms with Gasteiger partial charge in [0.1, 0.15) is 11.9 Å². The lowest BCUT2D eigenvalue weighted by Crippen LogP contribution is -2.32. The zero-order valence-electron chi connectivity index (χ0n) is 8.24. The van der Waals surface area contributed by atoms with E-state index >= 15 is 0 Å². The van der Waals surface area contributed by atoms with Crippen LogP contribution in [0.4, 0.5) is 4.39 Å². The van der Waals surface area contributed by atoms with Crippen molar-refractivity contribution in [3.8, 4) is 0 Å². The summed E-state index contributed by atoms with van der Waals surface area (Å²) in [6.07, 6.45) is 0.0153. The molecule has 0 aromatic heterocycles. The summed E-state index contributed by atoms with van der Waals surface area (Å²) in [5, 5.41) is 8.54. The average molecular weight is 234 g/mol. The van der Waals surface area contributed by atoms with E-state index in [2.05, 4.69) is 0 Å². The maximum atomic E-state index is 13.2. The molecule has 15 heavy (non-hydrogen) atoms. The Hall–Kier alpha value is -1.13. The Morgan fingerprint density at radius 3 is 2.67 bits per heavy atom. The Morgan fingerprint density at radius 2 is 2.20 bits per heavy atom. The van der Waals surface area contributed by atoms with E-state index in [9.17, 15) is 9.18 Å². The fourth-order valence-electron chi connectivity index (χ4n) is 1.14. The van der Waals surface area contributed by atoms with Crippen LogP contribution in [0.25, 0.3) is 0 Å². The molecule has 3 N–H and O–H groups in total. The van der Waals surface area contributed by atoms with Gasteiger partial charge in [-0.1, -0.05) is 12.1 Å². The maximum absolute atomic E-state index is 13.2. The van der Waals surface area contributed by atoms with Crippen LogP contribution >= 0.6 is 12.4 Å². The lowest BCUT2D eigenvalue weighted by atomic mass is 10.0. The molecule has 0 unspecified atom stereocenters. The molecule has 5 heteroatoms. The van der Waals surface area contributed by atoms with Gasteiger partial charge in [0.2, 0.25) is 0 Å². The zero-order valence-corrected chi connectivity index (χ0v) is 9.05. The number of carboxylic acid groups (broad SMARTS) is 1. The van der Waals surface area contributed by atoms with Crippen LogP contribution in [-0.4, -0.2) is 17.1 Å². The maximum Gasteiger partial charge on any atom is 0.320 e. The van der Waals surface area contributed by atoms with E-state index in [1.165, 1.54) is 6.07 Å². The smallest absolute Gasteiger partial charge is 0.320 e. The fraction of sp³-hybridized carbons (Fsp3) is 0.300. The number of nitrogens with two attached hydrogens (primary N) is 1. The Balaban J connectivity index is 0.00000196. The molecule has 0 spiro atoms. The molecule has 0 aliphatic carbocycles. The van der Waals surface area contributed by atoms with Crippen molar-refractivity contribution in [2.45, 2.75) is 19.4 Å². The van der Waals surface area contributed by atoms with E-state index in [1.807, 2.05) is 0 Å². The molecule has 0 amide bonds. The van der Waals surface area contributed by atoms with E-state index in [-0.39, 0.29) is 18.8 Å². The molecule has 1 aromatic rings. The number of rotatable bonds is 3. The van der Waals surface area contributed by atoms with Crippen LogP contribution in [0.1, 0.15) is 11.1 Å². The standard InChI is InChI=1S/C10H12FNO2.ClH/c1-6-2-3-7(8(11)4-6)5-9(12)10(13)14;/h2-4,9H,5,12H2,1H3,(H,13,14);1H/t9-;/m1./s1. The highest BCUT2D eigenvalue weighted by atomic mass is 35.5. The van der Waals surface area contributed by atoms with Crippen LogP contribution in [-0.2, 0) is 11.2 Å². The third-order valence-corrected chi connectivity index (χ3v) is 1.97. The Bertz CT molecular complexity index is 357. The van der Waals surface area contributed by atoms with Crippen molar-refractivity contribution in [2.75, 3.05) is 0 Å². The fourth-order valence-corrected chi connectivity index (χ4v) is 1.14. The Kier molecular flexibility index (Phi) is 5.25. The normalized spacial score (nSPS) is 11.7. The SMILES string of the molecule is Cc1ccc(C[C@@H](N)C(=O)O)c(F)c1.Cl. The van der Waals surface area contributed by atoms with Crippen molar-refractivity contribution in [3.05, 3.63) is 35.1 Å². The average Bonchev–Trinajstić information content (AvgIpc) is 2.09.